The first-order chi connectivity index (χ1) is 8.49. The van der Waals surface area contributed by atoms with Crippen molar-refractivity contribution in [3.63, 3.8) is 0 Å². The lowest BCUT2D eigenvalue weighted by Gasteiger charge is -2.22. The van der Waals surface area contributed by atoms with Gasteiger partial charge in [0.15, 0.2) is 0 Å². The van der Waals surface area contributed by atoms with E-state index in [1.807, 2.05) is 13.8 Å². The number of rotatable bonds is 4. The molecule has 0 aliphatic carbocycles. The van der Waals surface area contributed by atoms with E-state index in [2.05, 4.69) is 11.1 Å². The third-order valence-corrected chi connectivity index (χ3v) is 2.92. The van der Waals surface area contributed by atoms with Crippen molar-refractivity contribution in [1.29, 1.82) is 5.26 Å². The zero-order chi connectivity index (χ0) is 13.7. The molecule has 18 heavy (non-hydrogen) atoms. The molecule has 0 N–H and O–H groups in total. The van der Waals surface area contributed by atoms with E-state index in [-0.39, 0.29) is 11.8 Å². The van der Waals surface area contributed by atoms with E-state index in [1.54, 1.807) is 17.9 Å². The average Bonchev–Trinajstić information content (AvgIpc) is 2.34. The van der Waals surface area contributed by atoms with Crippen LogP contribution in [0.2, 0.25) is 5.02 Å². The van der Waals surface area contributed by atoms with E-state index in [1.165, 1.54) is 6.20 Å². The Balaban J connectivity index is 2.94. The highest BCUT2D eigenvalue weighted by Crippen LogP contribution is 2.18. The van der Waals surface area contributed by atoms with Gasteiger partial charge < -0.3 is 4.90 Å². The van der Waals surface area contributed by atoms with Crippen LogP contribution >= 0.6 is 11.6 Å². The van der Waals surface area contributed by atoms with Crippen LogP contribution in [-0.4, -0.2) is 28.9 Å². The molecule has 0 radical (unpaired) electrons. The number of carbonyl (C=O) groups excluding carboxylic acids is 1. The molecule has 1 unspecified atom stereocenters. The van der Waals surface area contributed by atoms with Gasteiger partial charge in [0, 0.05) is 25.0 Å². The topological polar surface area (TPSA) is 57.0 Å². The first-order valence-electron chi connectivity index (χ1n) is 5.80. The van der Waals surface area contributed by atoms with Gasteiger partial charge in [-0.15, -0.1) is 0 Å². The second-order valence-electron chi connectivity index (χ2n) is 4.18. The molecule has 4 nitrogen and oxygen atoms in total. The highest BCUT2D eigenvalue weighted by Gasteiger charge is 2.19. The van der Waals surface area contributed by atoms with Crippen LogP contribution in [0.5, 0.6) is 0 Å². The van der Waals surface area contributed by atoms with Crippen LogP contribution in [0.3, 0.4) is 0 Å². The van der Waals surface area contributed by atoms with Crippen LogP contribution in [0.25, 0.3) is 0 Å². The largest absolute Gasteiger partial charge is 0.338 e. The zero-order valence-corrected chi connectivity index (χ0v) is 11.5. The van der Waals surface area contributed by atoms with Gasteiger partial charge in [-0.2, -0.15) is 5.26 Å². The minimum Gasteiger partial charge on any atom is -0.338 e. The average molecular weight is 266 g/mol. The fourth-order valence-electron chi connectivity index (χ4n) is 1.58. The lowest BCUT2D eigenvalue weighted by Crippen LogP contribution is -2.34. The summed E-state index contributed by atoms with van der Waals surface area (Å²) in [5.41, 5.74) is 1.15. The predicted molar refractivity (Wildman–Crippen MR) is 70.3 cm³/mol. The molecule has 1 amide bonds. The van der Waals surface area contributed by atoms with E-state index in [4.69, 9.17) is 16.9 Å². The number of nitrogens with zero attached hydrogens (tertiary/aromatic N) is 3. The predicted octanol–water partition coefficient (Wildman–Crippen LogP) is 2.67. The van der Waals surface area contributed by atoms with E-state index < -0.39 is 0 Å². The summed E-state index contributed by atoms with van der Waals surface area (Å²) in [4.78, 5) is 17.9. The lowest BCUT2D eigenvalue weighted by atomic mass is 10.1. The maximum absolute atomic E-state index is 12.3. The molecule has 96 valence electrons. The Hall–Kier alpha value is -1.60. The van der Waals surface area contributed by atoms with Gasteiger partial charge >= 0.3 is 0 Å². The summed E-state index contributed by atoms with van der Waals surface area (Å²) in [6.07, 6.45) is 1.49. The molecule has 0 aliphatic heterocycles. The third kappa shape index (κ3) is 3.44. The minimum atomic E-state index is -0.203. The Labute approximate surface area is 112 Å². The summed E-state index contributed by atoms with van der Waals surface area (Å²) in [7, 11) is 0. The second-order valence-corrected chi connectivity index (χ2v) is 4.59. The monoisotopic (exact) mass is 265 g/mol. The van der Waals surface area contributed by atoms with E-state index in [0.717, 1.165) is 5.69 Å². The van der Waals surface area contributed by atoms with Crippen molar-refractivity contribution in [3.05, 3.63) is 28.5 Å². The summed E-state index contributed by atoms with van der Waals surface area (Å²) >= 11 is 6.04. The molecule has 0 aromatic carbocycles. The zero-order valence-electron chi connectivity index (χ0n) is 10.8. The molecule has 1 aromatic heterocycles. The molecule has 0 saturated heterocycles. The van der Waals surface area contributed by atoms with Crippen LogP contribution in [0.15, 0.2) is 12.3 Å². The summed E-state index contributed by atoms with van der Waals surface area (Å²) in [6, 6.07) is 3.78. The Morgan fingerprint density at radius 3 is 2.83 bits per heavy atom. The molecule has 1 rings (SSSR count). The summed E-state index contributed by atoms with van der Waals surface area (Å²) in [6.45, 7) is 6.41. The van der Waals surface area contributed by atoms with Gasteiger partial charge in [-0.3, -0.25) is 9.78 Å². The molecule has 0 fully saturated rings. The van der Waals surface area contributed by atoms with Crippen molar-refractivity contribution in [2.24, 2.45) is 5.92 Å². The van der Waals surface area contributed by atoms with Gasteiger partial charge in [-0.25, -0.2) is 0 Å². The molecule has 1 aromatic rings. The van der Waals surface area contributed by atoms with Crippen LogP contribution in [-0.2, 0) is 0 Å². The standard InChI is InChI=1S/C13H16ClN3O/c1-4-17(8-9(2)6-15)13(18)11-7-16-10(3)5-12(11)14/h5,7,9H,4,8H2,1-3H3. The maximum atomic E-state index is 12.3. The fraction of sp³-hybridized carbons (Fsp3) is 0.462. The Bertz CT molecular complexity index is 482. The van der Waals surface area contributed by atoms with Gasteiger partial charge in [0.2, 0.25) is 0 Å². The number of aryl methyl sites for hydroxylation is 1. The highest BCUT2D eigenvalue weighted by atomic mass is 35.5. The minimum absolute atomic E-state index is 0.183. The molecule has 0 spiro atoms. The Morgan fingerprint density at radius 2 is 2.33 bits per heavy atom. The number of nitriles is 1. The molecular formula is C13H16ClN3O. The molecule has 1 heterocycles. The first kappa shape index (κ1) is 14.5. The van der Waals surface area contributed by atoms with E-state index >= 15 is 0 Å². The number of pyridine rings is 1. The van der Waals surface area contributed by atoms with Crippen molar-refractivity contribution in [2.75, 3.05) is 13.1 Å². The van der Waals surface area contributed by atoms with Gasteiger partial charge in [0.25, 0.3) is 5.91 Å². The van der Waals surface area contributed by atoms with Gasteiger partial charge in [0.1, 0.15) is 0 Å². The summed E-state index contributed by atoms with van der Waals surface area (Å²) in [5, 5.41) is 9.19. The Kier molecular flexibility index (Phi) is 5.11. The van der Waals surface area contributed by atoms with Crippen LogP contribution in [0, 0.1) is 24.2 Å². The van der Waals surface area contributed by atoms with Crippen LogP contribution in [0.1, 0.15) is 29.9 Å². The number of hydrogen-bond donors (Lipinski definition) is 0. The van der Waals surface area contributed by atoms with E-state index in [0.29, 0.717) is 23.7 Å². The first-order valence-corrected chi connectivity index (χ1v) is 6.18. The number of aromatic nitrogens is 1. The van der Waals surface area contributed by atoms with Gasteiger partial charge in [-0.05, 0) is 26.8 Å². The number of halogens is 1. The van der Waals surface area contributed by atoms with Crippen molar-refractivity contribution >= 4 is 17.5 Å². The summed E-state index contributed by atoms with van der Waals surface area (Å²) in [5.74, 6) is -0.386. The molecule has 0 bridgehead atoms. The maximum Gasteiger partial charge on any atom is 0.256 e. The van der Waals surface area contributed by atoms with Crippen LogP contribution in [0.4, 0.5) is 0 Å². The second kappa shape index (κ2) is 6.36. The number of carbonyl (C=O) groups is 1. The summed E-state index contributed by atoms with van der Waals surface area (Å²) < 4.78 is 0. The van der Waals surface area contributed by atoms with Gasteiger partial charge in [-0.1, -0.05) is 11.6 Å². The van der Waals surface area contributed by atoms with Crippen molar-refractivity contribution in [2.45, 2.75) is 20.8 Å². The molecule has 0 saturated carbocycles. The van der Waals surface area contributed by atoms with E-state index in [9.17, 15) is 4.79 Å². The molecular weight excluding hydrogens is 250 g/mol. The normalized spacial score (nSPS) is 11.7. The third-order valence-electron chi connectivity index (χ3n) is 2.60. The molecule has 0 aliphatic rings. The van der Waals surface area contributed by atoms with Crippen molar-refractivity contribution in [1.82, 2.24) is 9.88 Å². The Morgan fingerprint density at radius 1 is 1.67 bits per heavy atom. The smallest absolute Gasteiger partial charge is 0.256 e. The number of hydrogen-bond acceptors (Lipinski definition) is 3. The van der Waals surface area contributed by atoms with Crippen LogP contribution < -0.4 is 0 Å². The highest BCUT2D eigenvalue weighted by molar-refractivity contribution is 6.33. The SMILES string of the molecule is CCN(CC(C)C#N)C(=O)c1cnc(C)cc1Cl. The molecule has 5 heteroatoms. The quantitative estimate of drug-likeness (QED) is 0.841. The molecule has 1 atom stereocenters. The lowest BCUT2D eigenvalue weighted by molar-refractivity contribution is 0.0752. The number of amides is 1. The van der Waals surface area contributed by atoms with Crippen molar-refractivity contribution < 1.29 is 4.79 Å². The fourth-order valence-corrected chi connectivity index (χ4v) is 1.87. The van der Waals surface area contributed by atoms with Crippen molar-refractivity contribution in [3.8, 4) is 6.07 Å². The van der Waals surface area contributed by atoms with Gasteiger partial charge in [0.05, 0.1) is 22.6 Å².